The van der Waals surface area contributed by atoms with Crippen molar-refractivity contribution in [1.82, 2.24) is 10.6 Å². The molecule has 1 amide bonds. The number of ether oxygens (including phenoxy) is 1. The van der Waals surface area contributed by atoms with E-state index in [-0.39, 0.29) is 24.4 Å². The second-order valence-corrected chi connectivity index (χ2v) is 5.04. The molecule has 0 aliphatic carbocycles. The number of methoxy groups -OCH3 is 1. The lowest BCUT2D eigenvalue weighted by atomic mass is 10.1. The van der Waals surface area contributed by atoms with Crippen molar-refractivity contribution < 1.29 is 9.53 Å². The van der Waals surface area contributed by atoms with Gasteiger partial charge in [0.1, 0.15) is 5.75 Å². The van der Waals surface area contributed by atoms with Crippen molar-refractivity contribution in [3.8, 4) is 5.75 Å². The summed E-state index contributed by atoms with van der Waals surface area (Å²) < 4.78 is 6.17. The first-order chi connectivity index (χ1) is 8.56. The third-order valence-electron chi connectivity index (χ3n) is 2.69. The third-order valence-corrected chi connectivity index (χ3v) is 3.18. The molecule has 6 heteroatoms. The predicted octanol–water partition coefficient (Wildman–Crippen LogP) is 2.15. The first-order valence-corrected chi connectivity index (χ1v) is 6.62. The molecule has 1 aromatic rings. The highest BCUT2D eigenvalue weighted by Gasteiger charge is 2.10. The summed E-state index contributed by atoms with van der Waals surface area (Å²) in [4.78, 5) is 11.8. The number of carbonyl (C=O) groups excluding carboxylic acids is 1. The van der Waals surface area contributed by atoms with E-state index in [2.05, 4.69) is 26.6 Å². The second kappa shape index (κ2) is 9.18. The van der Waals surface area contributed by atoms with Gasteiger partial charge in [0, 0.05) is 22.6 Å². The number of benzene rings is 1. The summed E-state index contributed by atoms with van der Waals surface area (Å²) in [6.07, 6.45) is 0.318. The molecule has 0 fully saturated rings. The minimum absolute atomic E-state index is 0. The highest BCUT2D eigenvalue weighted by atomic mass is 79.9. The normalized spacial score (nSPS) is 11.4. The SMILES string of the molecule is CNC(C)CNC(=O)Cc1cc(Br)ccc1OC.Cl. The number of halogens is 2. The minimum atomic E-state index is -0.00602. The molecule has 0 saturated carbocycles. The fourth-order valence-electron chi connectivity index (χ4n) is 1.49. The van der Waals surface area contributed by atoms with Gasteiger partial charge in [0.2, 0.25) is 5.91 Å². The largest absolute Gasteiger partial charge is 0.496 e. The van der Waals surface area contributed by atoms with Gasteiger partial charge in [-0.05, 0) is 32.2 Å². The van der Waals surface area contributed by atoms with Crippen LogP contribution in [0.2, 0.25) is 0 Å². The molecule has 19 heavy (non-hydrogen) atoms. The number of likely N-dealkylation sites (N-methyl/N-ethyl adjacent to an activating group) is 1. The molecule has 0 aromatic heterocycles. The van der Waals surface area contributed by atoms with E-state index < -0.39 is 0 Å². The smallest absolute Gasteiger partial charge is 0.224 e. The number of nitrogens with one attached hydrogen (secondary N) is 2. The molecule has 108 valence electrons. The van der Waals surface area contributed by atoms with Gasteiger partial charge in [-0.25, -0.2) is 0 Å². The van der Waals surface area contributed by atoms with Gasteiger partial charge in [-0.15, -0.1) is 12.4 Å². The van der Waals surface area contributed by atoms with Crippen molar-refractivity contribution in [3.05, 3.63) is 28.2 Å². The molecule has 0 spiro atoms. The van der Waals surface area contributed by atoms with Crippen LogP contribution in [0, 0.1) is 0 Å². The Morgan fingerprint density at radius 3 is 2.74 bits per heavy atom. The van der Waals surface area contributed by atoms with Crippen LogP contribution in [-0.2, 0) is 11.2 Å². The van der Waals surface area contributed by atoms with Gasteiger partial charge in [-0.2, -0.15) is 0 Å². The van der Waals surface area contributed by atoms with Gasteiger partial charge in [0.25, 0.3) is 0 Å². The highest BCUT2D eigenvalue weighted by Crippen LogP contribution is 2.23. The first kappa shape index (κ1) is 18.2. The molecule has 1 rings (SSSR count). The van der Waals surface area contributed by atoms with Crippen molar-refractivity contribution in [2.75, 3.05) is 20.7 Å². The first-order valence-electron chi connectivity index (χ1n) is 5.83. The lowest BCUT2D eigenvalue weighted by Crippen LogP contribution is -2.37. The molecule has 0 bridgehead atoms. The maximum absolute atomic E-state index is 11.8. The zero-order valence-corrected chi connectivity index (χ0v) is 13.7. The van der Waals surface area contributed by atoms with Gasteiger partial charge in [0.05, 0.1) is 13.5 Å². The Morgan fingerprint density at radius 1 is 1.47 bits per heavy atom. The van der Waals surface area contributed by atoms with Crippen LogP contribution in [-0.4, -0.2) is 32.7 Å². The van der Waals surface area contributed by atoms with E-state index in [0.29, 0.717) is 13.0 Å². The summed E-state index contributed by atoms with van der Waals surface area (Å²) >= 11 is 3.39. The third kappa shape index (κ3) is 6.27. The molecule has 0 saturated heterocycles. The van der Waals surface area contributed by atoms with Gasteiger partial charge >= 0.3 is 0 Å². The van der Waals surface area contributed by atoms with Crippen molar-refractivity contribution in [2.24, 2.45) is 0 Å². The average molecular weight is 352 g/mol. The average Bonchev–Trinajstić information content (AvgIpc) is 2.36. The van der Waals surface area contributed by atoms with Crippen LogP contribution in [0.3, 0.4) is 0 Å². The van der Waals surface area contributed by atoms with Crippen LogP contribution in [0.1, 0.15) is 12.5 Å². The molecule has 0 aliphatic heterocycles. The molecule has 1 unspecified atom stereocenters. The van der Waals surface area contributed by atoms with Crippen LogP contribution in [0.15, 0.2) is 22.7 Å². The quantitative estimate of drug-likeness (QED) is 0.825. The van der Waals surface area contributed by atoms with Crippen molar-refractivity contribution >= 4 is 34.2 Å². The maximum Gasteiger partial charge on any atom is 0.224 e. The second-order valence-electron chi connectivity index (χ2n) is 4.13. The summed E-state index contributed by atoms with van der Waals surface area (Å²) in [6, 6.07) is 5.91. The lowest BCUT2D eigenvalue weighted by Gasteiger charge is -2.12. The Kier molecular flexibility index (Phi) is 8.80. The summed E-state index contributed by atoms with van der Waals surface area (Å²) in [7, 11) is 3.47. The fourth-order valence-corrected chi connectivity index (χ4v) is 1.90. The van der Waals surface area contributed by atoms with Gasteiger partial charge in [0.15, 0.2) is 0 Å². The zero-order chi connectivity index (χ0) is 13.5. The number of hydrogen-bond donors (Lipinski definition) is 2. The zero-order valence-electron chi connectivity index (χ0n) is 11.3. The maximum atomic E-state index is 11.8. The number of hydrogen-bond acceptors (Lipinski definition) is 3. The Balaban J connectivity index is 0.00000324. The van der Waals surface area contributed by atoms with Crippen molar-refractivity contribution in [2.45, 2.75) is 19.4 Å². The Labute approximate surface area is 128 Å². The van der Waals surface area contributed by atoms with E-state index in [0.717, 1.165) is 15.8 Å². The summed E-state index contributed by atoms with van der Waals surface area (Å²) in [6.45, 7) is 2.63. The Morgan fingerprint density at radius 2 is 2.16 bits per heavy atom. The van der Waals surface area contributed by atoms with Crippen LogP contribution in [0.4, 0.5) is 0 Å². The van der Waals surface area contributed by atoms with E-state index in [1.165, 1.54) is 0 Å². The summed E-state index contributed by atoms with van der Waals surface area (Å²) in [5.74, 6) is 0.725. The molecular weight excluding hydrogens is 332 g/mol. The molecule has 2 N–H and O–H groups in total. The topological polar surface area (TPSA) is 50.4 Å². The van der Waals surface area contributed by atoms with E-state index in [4.69, 9.17) is 4.74 Å². The standard InChI is InChI=1S/C13H19BrN2O2.ClH/c1-9(15-2)8-16-13(17)7-10-6-11(14)4-5-12(10)18-3;/h4-6,9,15H,7-8H2,1-3H3,(H,16,17);1H. The molecule has 4 nitrogen and oxygen atoms in total. The highest BCUT2D eigenvalue weighted by molar-refractivity contribution is 9.10. The molecule has 1 atom stereocenters. The minimum Gasteiger partial charge on any atom is -0.496 e. The van der Waals surface area contributed by atoms with Gasteiger partial charge < -0.3 is 15.4 Å². The molecule has 1 aromatic carbocycles. The molecule has 0 radical (unpaired) electrons. The van der Waals surface area contributed by atoms with Crippen LogP contribution in [0.5, 0.6) is 5.75 Å². The molecule has 0 aliphatic rings. The fraction of sp³-hybridized carbons (Fsp3) is 0.462. The lowest BCUT2D eigenvalue weighted by molar-refractivity contribution is -0.120. The van der Waals surface area contributed by atoms with Gasteiger partial charge in [-0.3, -0.25) is 4.79 Å². The van der Waals surface area contributed by atoms with Crippen molar-refractivity contribution in [3.63, 3.8) is 0 Å². The number of amides is 1. The monoisotopic (exact) mass is 350 g/mol. The number of carbonyl (C=O) groups is 1. The van der Waals surface area contributed by atoms with Crippen molar-refractivity contribution in [1.29, 1.82) is 0 Å². The number of rotatable bonds is 6. The Hall–Kier alpha value is -0.780. The summed E-state index contributed by atoms with van der Waals surface area (Å²) in [5, 5.41) is 5.95. The van der Waals surface area contributed by atoms with Crippen LogP contribution >= 0.6 is 28.3 Å². The molecule has 0 heterocycles. The van der Waals surface area contributed by atoms with E-state index in [9.17, 15) is 4.79 Å². The van der Waals surface area contributed by atoms with Crippen LogP contribution in [0.25, 0.3) is 0 Å². The predicted molar refractivity (Wildman–Crippen MR) is 83.2 cm³/mol. The molecular formula is C13H20BrClN2O2. The van der Waals surface area contributed by atoms with Crippen LogP contribution < -0.4 is 15.4 Å². The van der Waals surface area contributed by atoms with E-state index in [1.54, 1.807) is 7.11 Å². The van der Waals surface area contributed by atoms with Gasteiger partial charge in [-0.1, -0.05) is 15.9 Å². The Bertz CT molecular complexity index is 416. The van der Waals surface area contributed by atoms with E-state index in [1.807, 2.05) is 32.2 Å². The summed E-state index contributed by atoms with van der Waals surface area (Å²) in [5.41, 5.74) is 0.876. The van der Waals surface area contributed by atoms with E-state index >= 15 is 0 Å².